The molecule has 0 unspecified atom stereocenters. The number of hydrogen-bond donors (Lipinski definition) is 1. The standard InChI is InChI=1S/C21H25F2NO3/c1-26-21-5-3-2-4-16(21)13-27-14-19(25)12-24(18-8-9-18)11-15-6-7-17(22)10-20(15)23/h2-7,10,18-19,25H,8-9,11-14H2,1H3/t19-/m1/s1. The molecule has 0 radical (unpaired) electrons. The van der Waals surface area contributed by atoms with Crippen LogP contribution in [0, 0.1) is 11.6 Å². The van der Waals surface area contributed by atoms with Crippen molar-refractivity contribution in [2.24, 2.45) is 0 Å². The fraction of sp³-hybridized carbons (Fsp3) is 0.429. The first kappa shape index (κ1) is 19.7. The smallest absolute Gasteiger partial charge is 0.130 e. The van der Waals surface area contributed by atoms with E-state index in [9.17, 15) is 13.9 Å². The Balaban J connectivity index is 1.51. The number of hydrogen-bond acceptors (Lipinski definition) is 4. The minimum Gasteiger partial charge on any atom is -0.496 e. The van der Waals surface area contributed by atoms with Gasteiger partial charge in [0.05, 0.1) is 26.4 Å². The van der Waals surface area contributed by atoms with Crippen molar-refractivity contribution in [1.29, 1.82) is 0 Å². The number of ether oxygens (including phenoxy) is 2. The van der Waals surface area contributed by atoms with Gasteiger partial charge in [-0.25, -0.2) is 8.78 Å². The molecule has 1 N–H and O–H groups in total. The molecular weight excluding hydrogens is 352 g/mol. The summed E-state index contributed by atoms with van der Waals surface area (Å²) in [5.74, 6) is -0.389. The van der Waals surface area contributed by atoms with Gasteiger partial charge in [-0.3, -0.25) is 4.90 Å². The fourth-order valence-electron chi connectivity index (χ4n) is 3.10. The topological polar surface area (TPSA) is 41.9 Å². The number of rotatable bonds is 10. The number of methoxy groups -OCH3 is 1. The molecule has 1 aliphatic carbocycles. The van der Waals surface area contributed by atoms with Crippen molar-refractivity contribution >= 4 is 0 Å². The normalized spacial score (nSPS) is 15.1. The Kier molecular flexibility index (Phi) is 6.77. The van der Waals surface area contributed by atoms with Crippen LogP contribution < -0.4 is 4.74 Å². The number of aliphatic hydroxyl groups excluding tert-OH is 1. The third-order valence-electron chi connectivity index (χ3n) is 4.66. The van der Waals surface area contributed by atoms with Gasteiger partial charge in [0.25, 0.3) is 0 Å². The van der Waals surface area contributed by atoms with Crippen molar-refractivity contribution < 1.29 is 23.4 Å². The predicted molar refractivity (Wildman–Crippen MR) is 98.4 cm³/mol. The van der Waals surface area contributed by atoms with Crippen molar-refractivity contribution in [1.82, 2.24) is 4.90 Å². The summed E-state index contributed by atoms with van der Waals surface area (Å²) in [5.41, 5.74) is 1.35. The summed E-state index contributed by atoms with van der Waals surface area (Å²) in [6, 6.07) is 11.5. The van der Waals surface area contributed by atoms with E-state index in [0.29, 0.717) is 31.3 Å². The molecule has 1 aliphatic rings. The monoisotopic (exact) mass is 377 g/mol. The molecule has 0 aliphatic heterocycles. The first-order chi connectivity index (χ1) is 13.1. The SMILES string of the molecule is COc1ccccc1COC[C@H](O)CN(Cc1ccc(F)cc1F)C1CC1. The number of aliphatic hydroxyl groups is 1. The Bertz CT molecular complexity index is 752. The second kappa shape index (κ2) is 9.26. The highest BCUT2D eigenvalue weighted by Gasteiger charge is 2.30. The van der Waals surface area contributed by atoms with E-state index in [4.69, 9.17) is 9.47 Å². The van der Waals surface area contributed by atoms with Crippen LogP contribution in [0.5, 0.6) is 5.75 Å². The zero-order chi connectivity index (χ0) is 19.2. The summed E-state index contributed by atoms with van der Waals surface area (Å²) in [6.07, 6.45) is 1.36. The van der Waals surface area contributed by atoms with Gasteiger partial charge in [-0.05, 0) is 25.0 Å². The maximum absolute atomic E-state index is 13.9. The van der Waals surface area contributed by atoms with E-state index in [1.54, 1.807) is 7.11 Å². The second-order valence-corrected chi connectivity index (χ2v) is 6.88. The van der Waals surface area contributed by atoms with Gasteiger partial charge in [-0.1, -0.05) is 24.3 Å². The summed E-state index contributed by atoms with van der Waals surface area (Å²) < 4.78 is 37.9. The highest BCUT2D eigenvalue weighted by Crippen LogP contribution is 2.29. The van der Waals surface area contributed by atoms with Crippen molar-refractivity contribution in [2.75, 3.05) is 20.3 Å². The van der Waals surface area contributed by atoms with Crippen LogP contribution in [0.1, 0.15) is 24.0 Å². The highest BCUT2D eigenvalue weighted by molar-refractivity contribution is 5.32. The van der Waals surface area contributed by atoms with Gasteiger partial charge in [0, 0.05) is 36.3 Å². The van der Waals surface area contributed by atoms with Crippen molar-refractivity contribution in [3.63, 3.8) is 0 Å². The van der Waals surface area contributed by atoms with E-state index in [1.165, 1.54) is 12.1 Å². The van der Waals surface area contributed by atoms with E-state index >= 15 is 0 Å². The zero-order valence-corrected chi connectivity index (χ0v) is 15.4. The Morgan fingerprint density at radius 1 is 1.15 bits per heavy atom. The largest absolute Gasteiger partial charge is 0.496 e. The van der Waals surface area contributed by atoms with Gasteiger partial charge in [0.2, 0.25) is 0 Å². The first-order valence-electron chi connectivity index (χ1n) is 9.12. The van der Waals surface area contributed by atoms with Gasteiger partial charge < -0.3 is 14.6 Å². The third kappa shape index (κ3) is 5.73. The summed E-state index contributed by atoms with van der Waals surface area (Å²) in [4.78, 5) is 2.04. The number of benzene rings is 2. The Morgan fingerprint density at radius 3 is 2.63 bits per heavy atom. The van der Waals surface area contributed by atoms with Crippen molar-refractivity contribution in [3.8, 4) is 5.75 Å². The van der Waals surface area contributed by atoms with Crippen LogP contribution in [0.25, 0.3) is 0 Å². The molecule has 0 spiro atoms. The quantitative estimate of drug-likeness (QED) is 0.688. The van der Waals surface area contributed by atoms with E-state index in [2.05, 4.69) is 0 Å². The minimum atomic E-state index is -0.691. The summed E-state index contributed by atoms with van der Waals surface area (Å²) in [7, 11) is 1.61. The molecule has 0 amide bonds. The van der Waals surface area contributed by atoms with E-state index in [1.807, 2.05) is 29.2 Å². The van der Waals surface area contributed by atoms with Crippen LogP contribution in [0.4, 0.5) is 8.78 Å². The number of para-hydroxylation sites is 1. The second-order valence-electron chi connectivity index (χ2n) is 6.88. The highest BCUT2D eigenvalue weighted by atomic mass is 19.1. The van der Waals surface area contributed by atoms with Gasteiger partial charge in [0.15, 0.2) is 0 Å². The molecule has 0 bridgehead atoms. The molecule has 27 heavy (non-hydrogen) atoms. The van der Waals surface area contributed by atoms with E-state index in [-0.39, 0.29) is 6.61 Å². The van der Waals surface area contributed by atoms with Crippen LogP contribution in [0.2, 0.25) is 0 Å². The Hall–Kier alpha value is -2.02. The molecule has 6 heteroatoms. The third-order valence-corrected chi connectivity index (χ3v) is 4.66. The molecular formula is C21H25F2NO3. The van der Waals surface area contributed by atoms with Crippen molar-refractivity contribution in [2.45, 2.75) is 38.1 Å². The lowest BCUT2D eigenvalue weighted by Crippen LogP contribution is -2.36. The predicted octanol–water partition coefficient (Wildman–Crippen LogP) is 3.52. The number of halogens is 2. The average Bonchev–Trinajstić information content (AvgIpc) is 3.49. The maximum atomic E-state index is 13.9. The van der Waals surface area contributed by atoms with E-state index in [0.717, 1.165) is 30.2 Å². The fourth-order valence-corrected chi connectivity index (χ4v) is 3.10. The van der Waals surface area contributed by atoms with Crippen LogP contribution in [0.15, 0.2) is 42.5 Å². The van der Waals surface area contributed by atoms with Gasteiger partial charge in [-0.15, -0.1) is 0 Å². The van der Waals surface area contributed by atoms with Crippen molar-refractivity contribution in [3.05, 3.63) is 65.2 Å². The van der Waals surface area contributed by atoms with E-state index < -0.39 is 17.7 Å². The molecule has 2 aromatic rings. The molecule has 4 nitrogen and oxygen atoms in total. The maximum Gasteiger partial charge on any atom is 0.130 e. The molecule has 146 valence electrons. The molecule has 1 fully saturated rings. The Labute approximate surface area is 158 Å². The van der Waals surface area contributed by atoms with Crippen LogP contribution in [0.3, 0.4) is 0 Å². The van der Waals surface area contributed by atoms with Crippen LogP contribution in [-0.4, -0.2) is 42.4 Å². The summed E-state index contributed by atoms with van der Waals surface area (Å²) in [5, 5.41) is 10.3. The lowest BCUT2D eigenvalue weighted by Gasteiger charge is -2.25. The van der Waals surface area contributed by atoms with Crippen LogP contribution in [-0.2, 0) is 17.9 Å². The molecule has 3 rings (SSSR count). The molecule has 2 aromatic carbocycles. The average molecular weight is 377 g/mol. The summed E-state index contributed by atoms with van der Waals surface area (Å²) >= 11 is 0. The van der Waals surface area contributed by atoms with Gasteiger partial charge in [-0.2, -0.15) is 0 Å². The minimum absolute atomic E-state index is 0.174. The zero-order valence-electron chi connectivity index (χ0n) is 15.4. The Morgan fingerprint density at radius 2 is 1.93 bits per heavy atom. The molecule has 0 heterocycles. The van der Waals surface area contributed by atoms with Gasteiger partial charge in [0.1, 0.15) is 17.4 Å². The first-order valence-corrected chi connectivity index (χ1v) is 9.12. The van der Waals surface area contributed by atoms with Gasteiger partial charge >= 0.3 is 0 Å². The molecule has 1 saturated carbocycles. The molecule has 0 saturated heterocycles. The lowest BCUT2D eigenvalue weighted by molar-refractivity contribution is 0.00643. The van der Waals surface area contributed by atoms with Crippen LogP contribution >= 0.6 is 0 Å². The molecule has 1 atom stereocenters. The lowest BCUT2D eigenvalue weighted by atomic mass is 10.2. The number of nitrogens with zero attached hydrogens (tertiary/aromatic N) is 1. The molecule has 0 aromatic heterocycles. The summed E-state index contributed by atoms with van der Waals surface area (Å²) in [6.45, 7) is 1.25.